The van der Waals surface area contributed by atoms with Crippen LogP contribution in [0.15, 0.2) is 47.6 Å². The molecule has 0 aliphatic rings. The Hall–Kier alpha value is -3.27. The van der Waals surface area contributed by atoms with Gasteiger partial charge in [-0.1, -0.05) is 11.8 Å². The van der Waals surface area contributed by atoms with Gasteiger partial charge in [0.2, 0.25) is 11.1 Å². The first-order chi connectivity index (χ1) is 13.1. The van der Waals surface area contributed by atoms with Crippen LogP contribution in [0, 0.1) is 0 Å². The molecule has 0 aliphatic heterocycles. The number of tetrazole rings is 1. The minimum atomic E-state index is -0.244. The lowest BCUT2D eigenvalue weighted by Crippen LogP contribution is -2.15. The van der Waals surface area contributed by atoms with Gasteiger partial charge in [0.15, 0.2) is 0 Å². The largest absolute Gasteiger partial charge is 0.508 e. The number of benzene rings is 2. The summed E-state index contributed by atoms with van der Waals surface area (Å²) in [5.41, 5.74) is 1.19. The van der Waals surface area contributed by atoms with Crippen molar-refractivity contribution in [2.24, 2.45) is 0 Å². The van der Waals surface area contributed by atoms with Crippen molar-refractivity contribution < 1.29 is 19.4 Å². The second-order valence-corrected chi connectivity index (χ2v) is 6.24. The van der Waals surface area contributed by atoms with E-state index in [0.717, 1.165) is 0 Å². The predicted molar refractivity (Wildman–Crippen MR) is 99.7 cm³/mol. The van der Waals surface area contributed by atoms with Crippen LogP contribution in [-0.4, -0.2) is 51.2 Å². The van der Waals surface area contributed by atoms with E-state index >= 15 is 0 Å². The van der Waals surface area contributed by atoms with Crippen molar-refractivity contribution >= 4 is 23.4 Å². The number of methoxy groups -OCH3 is 2. The molecule has 0 bridgehead atoms. The van der Waals surface area contributed by atoms with E-state index in [0.29, 0.717) is 28.0 Å². The summed E-state index contributed by atoms with van der Waals surface area (Å²) < 4.78 is 11.9. The molecule has 3 aromatic rings. The van der Waals surface area contributed by atoms with Crippen LogP contribution in [-0.2, 0) is 4.79 Å². The van der Waals surface area contributed by atoms with Gasteiger partial charge in [-0.2, -0.15) is 4.68 Å². The van der Waals surface area contributed by atoms with Crippen molar-refractivity contribution in [3.63, 3.8) is 0 Å². The molecule has 0 fully saturated rings. The Morgan fingerprint density at radius 3 is 2.67 bits per heavy atom. The third kappa shape index (κ3) is 4.47. The molecule has 1 heterocycles. The summed E-state index contributed by atoms with van der Waals surface area (Å²) in [6.45, 7) is 0. The number of hydrogen-bond acceptors (Lipinski definition) is 8. The van der Waals surface area contributed by atoms with E-state index in [1.54, 1.807) is 37.4 Å². The van der Waals surface area contributed by atoms with Crippen LogP contribution >= 0.6 is 11.8 Å². The van der Waals surface area contributed by atoms with Gasteiger partial charge in [-0.3, -0.25) is 4.79 Å². The molecule has 0 atom stereocenters. The van der Waals surface area contributed by atoms with Crippen LogP contribution in [0.5, 0.6) is 17.2 Å². The van der Waals surface area contributed by atoms with Gasteiger partial charge in [0.05, 0.1) is 31.3 Å². The molecule has 2 N–H and O–H groups in total. The first-order valence-electron chi connectivity index (χ1n) is 7.83. The van der Waals surface area contributed by atoms with Crippen LogP contribution < -0.4 is 14.8 Å². The molecular formula is C17H17N5O4S. The topological polar surface area (TPSA) is 111 Å². The number of amides is 1. The number of rotatable bonds is 7. The summed E-state index contributed by atoms with van der Waals surface area (Å²) in [4.78, 5) is 12.3. The van der Waals surface area contributed by atoms with E-state index < -0.39 is 0 Å². The molecule has 0 aliphatic carbocycles. The minimum Gasteiger partial charge on any atom is -0.508 e. The lowest BCUT2D eigenvalue weighted by Gasteiger charge is -2.11. The molecule has 10 heteroatoms. The molecular weight excluding hydrogens is 370 g/mol. The van der Waals surface area contributed by atoms with Gasteiger partial charge >= 0.3 is 0 Å². The number of phenolic OH excluding ortho intramolecular Hbond substituents is 1. The van der Waals surface area contributed by atoms with E-state index in [1.807, 2.05) is 0 Å². The Bertz CT molecular complexity index is 929. The fraction of sp³-hybridized carbons (Fsp3) is 0.176. The van der Waals surface area contributed by atoms with E-state index in [-0.39, 0.29) is 17.4 Å². The Morgan fingerprint density at radius 1 is 1.19 bits per heavy atom. The average Bonchev–Trinajstić information content (AvgIpc) is 3.15. The number of hydrogen-bond donors (Lipinski definition) is 2. The first-order valence-corrected chi connectivity index (χ1v) is 8.81. The minimum absolute atomic E-state index is 0.0961. The molecule has 0 radical (unpaired) electrons. The molecule has 27 heavy (non-hydrogen) atoms. The standard InChI is InChI=1S/C17H17N5O4S/c1-25-13-7-8-15(26-2)14(9-13)18-16(24)10-27-17-19-20-21-22(17)11-3-5-12(23)6-4-11/h3-9,23H,10H2,1-2H3,(H,18,24). The number of ether oxygens (including phenoxy) is 2. The van der Waals surface area contributed by atoms with Gasteiger partial charge < -0.3 is 19.9 Å². The Morgan fingerprint density at radius 2 is 1.96 bits per heavy atom. The summed E-state index contributed by atoms with van der Waals surface area (Å²) in [5.74, 6) is 1.14. The highest BCUT2D eigenvalue weighted by molar-refractivity contribution is 7.99. The molecule has 140 valence electrons. The third-order valence-corrected chi connectivity index (χ3v) is 4.47. The second-order valence-electron chi connectivity index (χ2n) is 5.29. The van der Waals surface area contributed by atoms with E-state index in [9.17, 15) is 9.90 Å². The van der Waals surface area contributed by atoms with Gasteiger partial charge in [0.25, 0.3) is 0 Å². The van der Waals surface area contributed by atoms with Crippen molar-refractivity contribution in [3.8, 4) is 22.9 Å². The van der Waals surface area contributed by atoms with Crippen molar-refractivity contribution in [1.82, 2.24) is 20.2 Å². The maximum atomic E-state index is 12.3. The van der Waals surface area contributed by atoms with Gasteiger partial charge in [0, 0.05) is 6.07 Å². The van der Waals surface area contributed by atoms with E-state index in [4.69, 9.17) is 9.47 Å². The van der Waals surface area contributed by atoms with Crippen molar-refractivity contribution in [2.75, 3.05) is 25.3 Å². The van der Waals surface area contributed by atoms with Crippen molar-refractivity contribution in [2.45, 2.75) is 5.16 Å². The van der Waals surface area contributed by atoms with Gasteiger partial charge in [-0.15, -0.1) is 5.10 Å². The number of aromatic nitrogens is 4. The number of carbonyl (C=O) groups excluding carboxylic acids is 1. The molecule has 0 saturated carbocycles. The quantitative estimate of drug-likeness (QED) is 0.593. The molecule has 9 nitrogen and oxygen atoms in total. The monoisotopic (exact) mass is 387 g/mol. The van der Waals surface area contributed by atoms with E-state index in [2.05, 4.69) is 20.8 Å². The smallest absolute Gasteiger partial charge is 0.234 e. The van der Waals surface area contributed by atoms with Crippen molar-refractivity contribution in [3.05, 3.63) is 42.5 Å². The average molecular weight is 387 g/mol. The summed E-state index contributed by atoms with van der Waals surface area (Å²) in [6.07, 6.45) is 0. The molecule has 0 saturated heterocycles. The second kappa shape index (κ2) is 8.41. The van der Waals surface area contributed by atoms with Gasteiger partial charge in [-0.05, 0) is 46.8 Å². The number of phenols is 1. The zero-order chi connectivity index (χ0) is 19.2. The zero-order valence-corrected chi connectivity index (χ0v) is 15.4. The summed E-state index contributed by atoms with van der Waals surface area (Å²) in [5, 5.41) is 24.1. The molecule has 0 unspecified atom stereocenters. The highest BCUT2D eigenvalue weighted by Crippen LogP contribution is 2.29. The predicted octanol–water partition coefficient (Wildman–Crippen LogP) is 2.12. The third-order valence-electron chi connectivity index (χ3n) is 3.55. The van der Waals surface area contributed by atoms with Crippen LogP contribution in [0.2, 0.25) is 0 Å². The summed E-state index contributed by atoms with van der Waals surface area (Å²) in [7, 11) is 3.07. The van der Waals surface area contributed by atoms with Crippen LogP contribution in [0.4, 0.5) is 5.69 Å². The fourth-order valence-electron chi connectivity index (χ4n) is 2.25. The van der Waals surface area contributed by atoms with Gasteiger partial charge in [-0.25, -0.2) is 0 Å². The maximum absolute atomic E-state index is 12.3. The lowest BCUT2D eigenvalue weighted by molar-refractivity contribution is -0.113. The highest BCUT2D eigenvalue weighted by atomic mass is 32.2. The van der Waals surface area contributed by atoms with Crippen LogP contribution in [0.3, 0.4) is 0 Å². The SMILES string of the molecule is COc1ccc(OC)c(NC(=O)CSc2nnnn2-c2ccc(O)cc2)c1. The molecule has 2 aromatic carbocycles. The molecule has 0 spiro atoms. The molecule has 1 aromatic heterocycles. The number of aromatic hydroxyl groups is 1. The lowest BCUT2D eigenvalue weighted by atomic mass is 10.2. The number of anilines is 1. The first kappa shape index (κ1) is 18.5. The normalized spacial score (nSPS) is 10.4. The van der Waals surface area contributed by atoms with Gasteiger partial charge in [0.1, 0.15) is 17.2 Å². The number of carbonyl (C=O) groups is 1. The number of nitrogens with one attached hydrogen (secondary N) is 1. The van der Waals surface area contributed by atoms with E-state index in [1.165, 1.54) is 35.7 Å². The Labute approximate surface area is 159 Å². The van der Waals surface area contributed by atoms with Crippen molar-refractivity contribution in [1.29, 1.82) is 0 Å². The number of thioether (sulfide) groups is 1. The Balaban J connectivity index is 1.67. The van der Waals surface area contributed by atoms with Crippen LogP contribution in [0.25, 0.3) is 5.69 Å². The maximum Gasteiger partial charge on any atom is 0.234 e. The Kier molecular flexibility index (Phi) is 5.77. The molecule has 1 amide bonds. The summed E-state index contributed by atoms with van der Waals surface area (Å²) >= 11 is 1.18. The fourth-order valence-corrected chi connectivity index (χ4v) is 2.94. The zero-order valence-electron chi connectivity index (χ0n) is 14.6. The highest BCUT2D eigenvalue weighted by Gasteiger charge is 2.13. The number of nitrogens with zero attached hydrogens (tertiary/aromatic N) is 4. The summed E-state index contributed by atoms with van der Waals surface area (Å²) in [6, 6.07) is 11.6. The molecule has 3 rings (SSSR count). The van der Waals surface area contributed by atoms with Crippen LogP contribution in [0.1, 0.15) is 0 Å².